The number of carbonyl (C=O) groups is 4. The molecule has 1 N–H and O–H groups in total. The van der Waals surface area contributed by atoms with Crippen LogP contribution in [0.15, 0.2) is 54.1 Å². The molecule has 39 heavy (non-hydrogen) atoms. The van der Waals surface area contributed by atoms with Crippen LogP contribution in [0.25, 0.3) is 0 Å². The van der Waals surface area contributed by atoms with Crippen molar-refractivity contribution in [2.45, 2.75) is 28.5 Å². The normalized spacial score (nSPS) is 33.6. The van der Waals surface area contributed by atoms with E-state index in [9.17, 15) is 28.7 Å². The molecule has 3 fully saturated rings. The van der Waals surface area contributed by atoms with Gasteiger partial charge in [-0.25, -0.2) is 9.29 Å². The van der Waals surface area contributed by atoms with Crippen molar-refractivity contribution in [2.75, 3.05) is 19.1 Å². The third kappa shape index (κ3) is 3.17. The molecule has 4 aliphatic rings. The predicted molar refractivity (Wildman–Crippen MR) is 139 cm³/mol. The highest BCUT2D eigenvalue weighted by molar-refractivity contribution is 6.58. The summed E-state index contributed by atoms with van der Waals surface area (Å²) in [5.74, 6) is -6.40. The molecule has 0 aromatic heterocycles. The number of methoxy groups -OCH3 is 1. The first-order chi connectivity index (χ1) is 18.5. The quantitative estimate of drug-likeness (QED) is 0.341. The van der Waals surface area contributed by atoms with E-state index in [4.69, 9.17) is 27.9 Å². The third-order valence-corrected chi connectivity index (χ3v) is 10.1. The van der Waals surface area contributed by atoms with Crippen LogP contribution < -0.4 is 9.64 Å². The number of phenols is 1. The molecule has 202 valence electrons. The zero-order valence-electron chi connectivity index (χ0n) is 20.9. The molecule has 2 heterocycles. The fraction of sp³-hybridized carbons (Fsp3) is 0.357. The number of aromatic hydroxyl groups is 1. The number of alkyl halides is 2. The highest BCUT2D eigenvalue weighted by Gasteiger charge is 2.77. The molecule has 2 aliphatic carbocycles. The van der Waals surface area contributed by atoms with Crippen LogP contribution in [0, 0.1) is 23.6 Å². The van der Waals surface area contributed by atoms with Gasteiger partial charge in [-0.05, 0) is 55.2 Å². The van der Waals surface area contributed by atoms with Crippen molar-refractivity contribution in [3.63, 3.8) is 0 Å². The number of fused-ring (bicyclic) bond motifs is 4. The Hall–Kier alpha value is -3.43. The molecule has 4 amide bonds. The number of imide groups is 2. The molecule has 0 spiro atoms. The molecule has 0 radical (unpaired) electrons. The van der Waals surface area contributed by atoms with Gasteiger partial charge in [0.15, 0.2) is 9.75 Å². The largest absolute Gasteiger partial charge is 0.508 e. The van der Waals surface area contributed by atoms with Gasteiger partial charge in [0.05, 0.1) is 24.6 Å². The van der Waals surface area contributed by atoms with Crippen molar-refractivity contribution in [1.29, 1.82) is 0 Å². The molecule has 0 bridgehead atoms. The van der Waals surface area contributed by atoms with Crippen LogP contribution in [0.2, 0.25) is 0 Å². The summed E-state index contributed by atoms with van der Waals surface area (Å²) in [5, 5.41) is 11.1. The van der Waals surface area contributed by atoms with Crippen molar-refractivity contribution < 1.29 is 33.4 Å². The SMILES string of the molecule is COc1cccc(O)c1[C@H]1C2=CC[C@@H]3C(=O)N(C)C(=O)[C@@H]3[C@@H]2C[C@@]2(Cl)C(=O)N(c3ccc(F)cc3)C(=O)[C@@]12Cl. The summed E-state index contributed by atoms with van der Waals surface area (Å²) in [6.45, 7) is 0. The molecule has 6 atom stereocenters. The summed E-state index contributed by atoms with van der Waals surface area (Å²) in [6, 6.07) is 9.30. The second-order valence-corrected chi connectivity index (χ2v) is 11.6. The van der Waals surface area contributed by atoms with Crippen molar-refractivity contribution >= 4 is 52.5 Å². The first kappa shape index (κ1) is 25.8. The van der Waals surface area contributed by atoms with E-state index in [1.54, 1.807) is 18.2 Å². The summed E-state index contributed by atoms with van der Waals surface area (Å²) >= 11 is 14.5. The molecule has 11 heteroatoms. The highest BCUT2D eigenvalue weighted by atomic mass is 35.5. The number of benzene rings is 2. The summed E-state index contributed by atoms with van der Waals surface area (Å²) in [7, 11) is 2.80. The number of ether oxygens (including phenoxy) is 1. The lowest BCUT2D eigenvalue weighted by Crippen LogP contribution is -2.60. The molecule has 1 saturated carbocycles. The molecular formula is C28H23Cl2FN2O6. The van der Waals surface area contributed by atoms with Gasteiger partial charge in [0.1, 0.15) is 17.3 Å². The summed E-state index contributed by atoms with van der Waals surface area (Å²) in [4.78, 5) is 52.2. The first-order valence-electron chi connectivity index (χ1n) is 12.4. The van der Waals surface area contributed by atoms with Gasteiger partial charge in [0.2, 0.25) is 11.8 Å². The lowest BCUT2D eigenvalue weighted by atomic mass is 9.56. The fourth-order valence-corrected chi connectivity index (χ4v) is 7.79. The molecule has 2 aromatic carbocycles. The summed E-state index contributed by atoms with van der Waals surface area (Å²) in [5.41, 5.74) is 0.744. The maximum absolute atomic E-state index is 14.2. The van der Waals surface area contributed by atoms with Gasteiger partial charge in [-0.3, -0.25) is 24.1 Å². The van der Waals surface area contributed by atoms with E-state index in [2.05, 4.69) is 0 Å². The van der Waals surface area contributed by atoms with Gasteiger partial charge in [-0.1, -0.05) is 17.7 Å². The Balaban J connectivity index is 1.62. The van der Waals surface area contributed by atoms with E-state index in [0.717, 1.165) is 21.9 Å². The first-order valence-corrected chi connectivity index (χ1v) is 13.1. The fourth-order valence-electron chi connectivity index (χ4n) is 6.87. The van der Waals surface area contributed by atoms with Crippen LogP contribution >= 0.6 is 23.2 Å². The molecule has 2 saturated heterocycles. The van der Waals surface area contributed by atoms with Crippen molar-refractivity contribution in [3.8, 4) is 11.5 Å². The van der Waals surface area contributed by atoms with Gasteiger partial charge in [0.25, 0.3) is 11.8 Å². The second-order valence-electron chi connectivity index (χ2n) is 10.4. The Morgan fingerprint density at radius 1 is 1.00 bits per heavy atom. The van der Waals surface area contributed by atoms with Crippen LogP contribution in [-0.4, -0.2) is 57.5 Å². The topological polar surface area (TPSA) is 104 Å². The zero-order valence-corrected chi connectivity index (χ0v) is 22.4. The van der Waals surface area contributed by atoms with Gasteiger partial charge >= 0.3 is 0 Å². The van der Waals surface area contributed by atoms with Crippen LogP contribution in [0.5, 0.6) is 11.5 Å². The number of nitrogens with zero attached hydrogens (tertiary/aromatic N) is 2. The number of allylic oxidation sites excluding steroid dienone is 2. The number of hydrogen-bond donors (Lipinski definition) is 1. The predicted octanol–water partition coefficient (Wildman–Crippen LogP) is 3.73. The van der Waals surface area contributed by atoms with Crippen LogP contribution in [0.1, 0.15) is 24.3 Å². The minimum absolute atomic E-state index is 0.0746. The van der Waals surface area contributed by atoms with Crippen LogP contribution in [-0.2, 0) is 19.2 Å². The van der Waals surface area contributed by atoms with Gasteiger partial charge in [-0.2, -0.15) is 0 Å². The summed E-state index contributed by atoms with van der Waals surface area (Å²) < 4.78 is 19.2. The Labute approximate surface area is 232 Å². The number of phenolic OH excluding ortho intramolecular Hbond substituents is 1. The molecule has 8 nitrogen and oxygen atoms in total. The van der Waals surface area contributed by atoms with Gasteiger partial charge < -0.3 is 9.84 Å². The van der Waals surface area contributed by atoms with Crippen molar-refractivity contribution in [3.05, 3.63) is 65.5 Å². The van der Waals surface area contributed by atoms with Crippen LogP contribution in [0.3, 0.4) is 0 Å². The molecule has 6 rings (SSSR count). The number of amides is 4. The maximum atomic E-state index is 14.2. The third-order valence-electron chi connectivity index (χ3n) is 8.67. The number of halogens is 3. The summed E-state index contributed by atoms with van der Waals surface area (Å²) in [6.07, 6.45) is 1.78. The minimum Gasteiger partial charge on any atom is -0.508 e. The number of anilines is 1. The van der Waals surface area contributed by atoms with Crippen LogP contribution in [0.4, 0.5) is 10.1 Å². The molecule has 2 aliphatic heterocycles. The zero-order chi connectivity index (χ0) is 28.0. The van der Waals surface area contributed by atoms with E-state index >= 15 is 0 Å². The molecule has 2 aromatic rings. The lowest BCUT2D eigenvalue weighted by molar-refractivity contribution is -0.138. The number of likely N-dealkylation sites (tertiary alicyclic amines) is 1. The average molecular weight is 573 g/mol. The van der Waals surface area contributed by atoms with E-state index in [1.165, 1.54) is 32.4 Å². The van der Waals surface area contributed by atoms with Gasteiger partial charge in [0, 0.05) is 18.5 Å². The Morgan fingerprint density at radius 2 is 1.69 bits per heavy atom. The Bertz CT molecular complexity index is 1500. The smallest absolute Gasteiger partial charge is 0.258 e. The number of rotatable bonds is 3. The van der Waals surface area contributed by atoms with Gasteiger partial charge in [-0.15, -0.1) is 23.2 Å². The van der Waals surface area contributed by atoms with Crippen molar-refractivity contribution in [2.24, 2.45) is 17.8 Å². The number of hydrogen-bond acceptors (Lipinski definition) is 6. The Kier molecular flexibility index (Phi) is 5.65. The number of carbonyl (C=O) groups excluding carboxylic acids is 4. The van der Waals surface area contributed by atoms with Crippen molar-refractivity contribution in [1.82, 2.24) is 4.90 Å². The van der Waals surface area contributed by atoms with E-state index < -0.39 is 57.0 Å². The Morgan fingerprint density at radius 3 is 2.36 bits per heavy atom. The lowest BCUT2D eigenvalue weighted by Gasteiger charge is -2.50. The van der Waals surface area contributed by atoms with E-state index in [-0.39, 0.29) is 41.5 Å². The average Bonchev–Trinajstić information content (AvgIpc) is 3.22. The maximum Gasteiger partial charge on any atom is 0.258 e. The second kappa shape index (κ2) is 8.53. The highest BCUT2D eigenvalue weighted by Crippen LogP contribution is 2.67. The molecule has 0 unspecified atom stereocenters. The molecular weight excluding hydrogens is 550 g/mol. The standard InChI is InChI=1S/C28H23Cl2FN2O6/c1-32-23(35)16-11-10-15-17(20(16)24(32)36)12-27(29)25(37)33(14-8-6-13(31)7-9-14)26(38)28(27,30)22(15)21-18(34)4-3-5-19(21)39-2/h3-10,16-17,20,22,34H,11-12H2,1-2H3/t16-,17+,20-,22+,27+,28-/m0/s1. The van der Waals surface area contributed by atoms with E-state index in [0.29, 0.717) is 5.57 Å². The monoisotopic (exact) mass is 572 g/mol. The minimum atomic E-state index is -2.15. The van der Waals surface area contributed by atoms with E-state index in [1.807, 2.05) is 0 Å².